The summed E-state index contributed by atoms with van der Waals surface area (Å²) in [6.45, 7) is 0. The molecule has 1 aliphatic rings. The molecule has 0 bridgehead atoms. The second kappa shape index (κ2) is 8.43. The first-order valence-electron chi connectivity index (χ1n) is 8.30. The summed E-state index contributed by atoms with van der Waals surface area (Å²) in [6.07, 6.45) is 4.16. The molecule has 0 fully saturated rings. The first-order valence-corrected chi connectivity index (χ1v) is 9.66. The smallest absolute Gasteiger partial charge is 0.234 e. The van der Waals surface area contributed by atoms with E-state index in [1.54, 1.807) is 18.2 Å². The molecule has 2 aromatic rings. The SMILES string of the molecule is COc1cc(Cl)ccc1NC(=O)CSc1nc2c(cc1C#N)CCCC2. The third kappa shape index (κ3) is 4.29. The van der Waals surface area contributed by atoms with Crippen LogP contribution in [0.15, 0.2) is 29.3 Å². The number of carbonyl (C=O) groups excluding carboxylic acids is 1. The Hall–Kier alpha value is -2.23. The molecule has 0 radical (unpaired) electrons. The molecule has 0 aliphatic heterocycles. The molecular weight excluding hydrogens is 370 g/mol. The Morgan fingerprint density at radius 2 is 2.19 bits per heavy atom. The molecule has 1 aromatic carbocycles. The van der Waals surface area contributed by atoms with Crippen molar-refractivity contribution in [2.24, 2.45) is 0 Å². The molecule has 5 nitrogen and oxygen atoms in total. The molecule has 26 heavy (non-hydrogen) atoms. The number of benzene rings is 1. The summed E-state index contributed by atoms with van der Waals surface area (Å²) in [5.41, 5.74) is 3.30. The van der Waals surface area contributed by atoms with E-state index < -0.39 is 0 Å². The number of pyridine rings is 1. The lowest BCUT2D eigenvalue weighted by Gasteiger charge is -2.16. The Bertz CT molecular complexity index is 880. The van der Waals surface area contributed by atoms with Gasteiger partial charge in [0.05, 0.1) is 24.1 Å². The van der Waals surface area contributed by atoms with Gasteiger partial charge in [-0.25, -0.2) is 4.98 Å². The standard InChI is InChI=1S/C19H18ClN3O2S/c1-25-17-9-14(20)6-7-16(17)22-18(24)11-26-19-13(10-21)8-12-4-2-3-5-15(12)23-19/h6-9H,2-5,11H2,1H3,(H,22,24). The highest BCUT2D eigenvalue weighted by Crippen LogP contribution is 2.29. The van der Waals surface area contributed by atoms with E-state index in [9.17, 15) is 10.1 Å². The van der Waals surface area contributed by atoms with E-state index in [1.807, 2.05) is 6.07 Å². The van der Waals surface area contributed by atoms with Crippen LogP contribution in [0.5, 0.6) is 5.75 Å². The summed E-state index contributed by atoms with van der Waals surface area (Å²) in [4.78, 5) is 16.9. The maximum absolute atomic E-state index is 12.3. The van der Waals surface area contributed by atoms with Crippen molar-refractivity contribution in [2.45, 2.75) is 30.7 Å². The number of rotatable bonds is 5. The highest BCUT2D eigenvalue weighted by Gasteiger charge is 2.17. The van der Waals surface area contributed by atoms with Crippen LogP contribution in [0.1, 0.15) is 29.7 Å². The van der Waals surface area contributed by atoms with Gasteiger partial charge in [0, 0.05) is 16.8 Å². The van der Waals surface area contributed by atoms with E-state index in [0.29, 0.717) is 27.0 Å². The fourth-order valence-corrected chi connectivity index (χ4v) is 3.83. The molecule has 0 unspecified atom stereocenters. The number of amides is 1. The number of thioether (sulfide) groups is 1. The van der Waals surface area contributed by atoms with Crippen molar-refractivity contribution >= 4 is 35.0 Å². The van der Waals surface area contributed by atoms with Crippen molar-refractivity contribution in [3.8, 4) is 11.8 Å². The van der Waals surface area contributed by atoms with Crippen LogP contribution in [0.3, 0.4) is 0 Å². The van der Waals surface area contributed by atoms with Crippen molar-refractivity contribution in [3.63, 3.8) is 0 Å². The second-order valence-corrected chi connectivity index (χ2v) is 7.35. The topological polar surface area (TPSA) is 75.0 Å². The molecule has 1 aromatic heterocycles. The van der Waals surface area contributed by atoms with E-state index >= 15 is 0 Å². The number of anilines is 1. The van der Waals surface area contributed by atoms with E-state index in [2.05, 4.69) is 16.4 Å². The van der Waals surface area contributed by atoms with Crippen molar-refractivity contribution < 1.29 is 9.53 Å². The third-order valence-corrected chi connectivity index (χ3v) is 5.39. The maximum atomic E-state index is 12.3. The molecule has 1 amide bonds. The van der Waals surface area contributed by atoms with Gasteiger partial charge < -0.3 is 10.1 Å². The molecule has 0 spiro atoms. The largest absolute Gasteiger partial charge is 0.495 e. The molecule has 134 valence electrons. The van der Waals surface area contributed by atoms with E-state index in [1.165, 1.54) is 18.9 Å². The molecule has 1 aliphatic carbocycles. The van der Waals surface area contributed by atoms with Crippen LogP contribution >= 0.6 is 23.4 Å². The normalized spacial score (nSPS) is 12.8. The fourth-order valence-electron chi connectivity index (χ4n) is 2.89. The van der Waals surface area contributed by atoms with Gasteiger partial charge in [-0.15, -0.1) is 0 Å². The monoisotopic (exact) mass is 387 g/mol. The lowest BCUT2D eigenvalue weighted by molar-refractivity contribution is -0.113. The minimum Gasteiger partial charge on any atom is -0.495 e. The van der Waals surface area contributed by atoms with Crippen LogP contribution in [-0.2, 0) is 17.6 Å². The average Bonchev–Trinajstić information content (AvgIpc) is 2.66. The number of fused-ring (bicyclic) bond motifs is 1. The van der Waals surface area contributed by atoms with Gasteiger partial charge in [-0.3, -0.25) is 4.79 Å². The van der Waals surface area contributed by atoms with Crippen LogP contribution in [-0.4, -0.2) is 23.8 Å². The van der Waals surface area contributed by atoms with Gasteiger partial charge in [0.15, 0.2) is 0 Å². The van der Waals surface area contributed by atoms with Crippen molar-refractivity contribution in [1.82, 2.24) is 4.98 Å². The van der Waals surface area contributed by atoms with E-state index in [-0.39, 0.29) is 11.7 Å². The van der Waals surface area contributed by atoms with Crippen LogP contribution < -0.4 is 10.1 Å². The molecule has 1 heterocycles. The Labute approximate surface area is 161 Å². The zero-order valence-electron chi connectivity index (χ0n) is 14.3. The number of aryl methyl sites for hydroxylation is 2. The molecule has 0 saturated heterocycles. The summed E-state index contributed by atoms with van der Waals surface area (Å²) in [5.74, 6) is 0.464. The summed E-state index contributed by atoms with van der Waals surface area (Å²) in [7, 11) is 1.52. The summed E-state index contributed by atoms with van der Waals surface area (Å²) in [5, 5.41) is 13.3. The van der Waals surface area contributed by atoms with Crippen LogP contribution in [0.25, 0.3) is 0 Å². The van der Waals surface area contributed by atoms with Gasteiger partial charge >= 0.3 is 0 Å². The first kappa shape index (κ1) is 18.6. The Kier molecular flexibility index (Phi) is 6.02. The van der Waals surface area contributed by atoms with Crippen molar-refractivity contribution in [2.75, 3.05) is 18.2 Å². The van der Waals surface area contributed by atoms with Crippen molar-refractivity contribution in [3.05, 3.63) is 46.1 Å². The second-order valence-electron chi connectivity index (χ2n) is 5.95. The zero-order chi connectivity index (χ0) is 18.5. The van der Waals surface area contributed by atoms with E-state index in [0.717, 1.165) is 36.9 Å². The molecule has 1 N–H and O–H groups in total. The van der Waals surface area contributed by atoms with Crippen LogP contribution in [0, 0.1) is 11.3 Å². The lowest BCUT2D eigenvalue weighted by Crippen LogP contribution is -2.15. The average molecular weight is 388 g/mol. The van der Waals surface area contributed by atoms with Gasteiger partial charge in [0.1, 0.15) is 16.8 Å². The quantitative estimate of drug-likeness (QED) is 0.777. The highest BCUT2D eigenvalue weighted by atomic mass is 35.5. The Balaban J connectivity index is 1.69. The van der Waals surface area contributed by atoms with Gasteiger partial charge in [-0.2, -0.15) is 5.26 Å². The number of aromatic nitrogens is 1. The first-order chi connectivity index (χ1) is 12.6. The highest BCUT2D eigenvalue weighted by molar-refractivity contribution is 8.00. The van der Waals surface area contributed by atoms with Gasteiger partial charge in [0.2, 0.25) is 5.91 Å². The number of halogens is 1. The third-order valence-electron chi connectivity index (χ3n) is 4.16. The predicted octanol–water partition coefficient (Wildman–Crippen LogP) is 4.22. The van der Waals surface area contributed by atoms with Crippen LogP contribution in [0.2, 0.25) is 5.02 Å². The maximum Gasteiger partial charge on any atom is 0.234 e. The van der Waals surface area contributed by atoms with Gasteiger partial charge in [-0.05, 0) is 49.4 Å². The number of methoxy groups -OCH3 is 1. The number of ether oxygens (including phenoxy) is 1. The Morgan fingerprint density at radius 3 is 2.96 bits per heavy atom. The number of nitriles is 1. The molecule has 0 saturated carbocycles. The number of nitrogens with one attached hydrogen (secondary N) is 1. The van der Waals surface area contributed by atoms with Gasteiger partial charge in [0.25, 0.3) is 0 Å². The van der Waals surface area contributed by atoms with Crippen molar-refractivity contribution in [1.29, 1.82) is 5.26 Å². The summed E-state index contributed by atoms with van der Waals surface area (Å²) < 4.78 is 5.23. The molecule has 0 atom stereocenters. The fraction of sp³-hybridized carbons (Fsp3) is 0.316. The Morgan fingerprint density at radius 1 is 1.38 bits per heavy atom. The molecule has 3 rings (SSSR count). The predicted molar refractivity (Wildman–Crippen MR) is 103 cm³/mol. The molecule has 7 heteroatoms. The molecular formula is C19H18ClN3O2S. The zero-order valence-corrected chi connectivity index (χ0v) is 15.9. The minimum atomic E-state index is -0.195. The van der Waals surface area contributed by atoms with Gasteiger partial charge in [-0.1, -0.05) is 23.4 Å². The number of hydrogen-bond acceptors (Lipinski definition) is 5. The lowest BCUT2D eigenvalue weighted by atomic mass is 9.95. The van der Waals surface area contributed by atoms with Crippen LogP contribution in [0.4, 0.5) is 5.69 Å². The summed E-state index contributed by atoms with van der Waals surface area (Å²) in [6, 6.07) is 9.14. The number of carbonyl (C=O) groups is 1. The summed E-state index contributed by atoms with van der Waals surface area (Å²) >= 11 is 7.20. The van der Waals surface area contributed by atoms with E-state index in [4.69, 9.17) is 16.3 Å². The number of hydrogen-bond donors (Lipinski definition) is 1. The number of nitrogens with zero attached hydrogens (tertiary/aromatic N) is 2. The minimum absolute atomic E-state index is 0.159.